The van der Waals surface area contributed by atoms with Crippen LogP contribution in [0.15, 0.2) is 6.07 Å². The van der Waals surface area contributed by atoms with E-state index in [1.807, 2.05) is 19.0 Å². The van der Waals surface area contributed by atoms with E-state index in [1.165, 1.54) is 0 Å². The minimum Gasteiger partial charge on any atom is -0.370 e. The quantitative estimate of drug-likeness (QED) is 0.777. The molecule has 1 rings (SSSR count). The Kier molecular flexibility index (Phi) is 5.34. The Bertz CT molecular complexity index is 406. The smallest absolute Gasteiger partial charge is 0.370 e. The molecule has 0 aliphatic heterocycles. The molecule has 1 aromatic heterocycles. The van der Waals surface area contributed by atoms with Gasteiger partial charge in [-0.2, -0.15) is 18.2 Å². The van der Waals surface area contributed by atoms with E-state index < -0.39 is 11.9 Å². The van der Waals surface area contributed by atoms with Gasteiger partial charge < -0.3 is 16.0 Å². The van der Waals surface area contributed by atoms with E-state index >= 15 is 0 Å². The molecule has 1 heterocycles. The topological polar surface area (TPSA) is 67.1 Å². The summed E-state index contributed by atoms with van der Waals surface area (Å²) in [7, 11) is 3.93. The van der Waals surface area contributed by atoms with Crippen molar-refractivity contribution < 1.29 is 13.2 Å². The van der Waals surface area contributed by atoms with Gasteiger partial charge in [-0.1, -0.05) is 0 Å². The second kappa shape index (κ2) is 6.55. The molecule has 0 bridgehead atoms. The maximum atomic E-state index is 12.5. The fourth-order valence-corrected chi connectivity index (χ4v) is 1.47. The minimum absolute atomic E-state index is 0.102. The van der Waals surface area contributed by atoms with Crippen LogP contribution in [0.2, 0.25) is 0 Å². The summed E-state index contributed by atoms with van der Waals surface area (Å²) in [4.78, 5) is 8.94. The van der Waals surface area contributed by atoms with Crippen molar-refractivity contribution in [3.63, 3.8) is 0 Å². The van der Waals surface area contributed by atoms with E-state index in [9.17, 15) is 13.2 Å². The molecule has 108 valence electrons. The summed E-state index contributed by atoms with van der Waals surface area (Å²) < 4.78 is 37.5. The van der Waals surface area contributed by atoms with Crippen LogP contribution >= 0.6 is 0 Å². The van der Waals surface area contributed by atoms with Gasteiger partial charge in [0, 0.05) is 12.6 Å². The fourth-order valence-electron chi connectivity index (χ4n) is 1.47. The van der Waals surface area contributed by atoms with Crippen molar-refractivity contribution >= 4 is 11.8 Å². The number of hydrogen-bond donors (Lipinski definition) is 2. The summed E-state index contributed by atoms with van der Waals surface area (Å²) in [6.45, 7) is 1.48. The third-order valence-corrected chi connectivity index (χ3v) is 2.37. The molecule has 0 saturated carbocycles. The van der Waals surface area contributed by atoms with E-state index in [1.54, 1.807) is 0 Å². The van der Waals surface area contributed by atoms with Gasteiger partial charge in [0.15, 0.2) is 5.69 Å². The normalized spacial score (nSPS) is 11.9. The second-order valence-corrected chi connectivity index (χ2v) is 4.43. The lowest BCUT2D eigenvalue weighted by Gasteiger charge is -2.11. The van der Waals surface area contributed by atoms with Gasteiger partial charge in [0.25, 0.3) is 0 Å². The van der Waals surface area contributed by atoms with Crippen molar-refractivity contribution in [3.8, 4) is 0 Å². The van der Waals surface area contributed by atoms with Crippen molar-refractivity contribution in [2.45, 2.75) is 19.0 Å². The van der Waals surface area contributed by atoms with Crippen LogP contribution < -0.4 is 11.1 Å². The summed E-state index contributed by atoms with van der Waals surface area (Å²) in [5, 5.41) is 2.82. The van der Waals surface area contributed by atoms with Crippen molar-refractivity contribution in [2.24, 2.45) is 0 Å². The highest BCUT2D eigenvalue weighted by Gasteiger charge is 2.33. The molecule has 8 heteroatoms. The predicted octanol–water partition coefficient (Wildman–Crippen LogP) is 1.83. The van der Waals surface area contributed by atoms with Gasteiger partial charge in [-0.05, 0) is 33.5 Å². The molecule has 0 amide bonds. The first kappa shape index (κ1) is 15.5. The maximum absolute atomic E-state index is 12.5. The van der Waals surface area contributed by atoms with E-state index in [0.29, 0.717) is 6.54 Å². The van der Waals surface area contributed by atoms with Crippen molar-refractivity contribution in [3.05, 3.63) is 11.8 Å². The van der Waals surface area contributed by atoms with Crippen LogP contribution in [0.5, 0.6) is 0 Å². The number of nitrogens with one attached hydrogen (secondary N) is 1. The number of aromatic nitrogens is 2. The van der Waals surface area contributed by atoms with Gasteiger partial charge in [-0.3, -0.25) is 0 Å². The first-order valence-electron chi connectivity index (χ1n) is 5.89. The Morgan fingerprint density at radius 1 is 1.26 bits per heavy atom. The molecular formula is C11H18F3N5. The van der Waals surface area contributed by atoms with E-state index in [-0.39, 0.29) is 11.8 Å². The fraction of sp³-hybridized carbons (Fsp3) is 0.636. The molecule has 0 atom stereocenters. The molecule has 0 fully saturated rings. The second-order valence-electron chi connectivity index (χ2n) is 4.43. The number of rotatable bonds is 6. The van der Waals surface area contributed by atoms with Gasteiger partial charge in [-0.25, -0.2) is 4.98 Å². The van der Waals surface area contributed by atoms with E-state index in [2.05, 4.69) is 15.3 Å². The minimum atomic E-state index is -4.52. The SMILES string of the molecule is CN(C)CCCCNc1cc(C(F)(F)F)nc(N)n1. The molecule has 0 aliphatic rings. The number of anilines is 2. The molecule has 19 heavy (non-hydrogen) atoms. The molecule has 0 spiro atoms. The number of nitrogen functional groups attached to an aromatic ring is 1. The van der Waals surface area contributed by atoms with Crippen molar-refractivity contribution in [1.29, 1.82) is 0 Å². The molecule has 0 unspecified atom stereocenters. The molecule has 1 aromatic rings. The average molecular weight is 277 g/mol. The zero-order valence-electron chi connectivity index (χ0n) is 11.0. The Balaban J connectivity index is 2.52. The number of nitrogens with zero attached hydrogens (tertiary/aromatic N) is 3. The van der Waals surface area contributed by atoms with Crippen molar-refractivity contribution in [2.75, 3.05) is 38.2 Å². The number of hydrogen-bond acceptors (Lipinski definition) is 5. The number of nitrogens with two attached hydrogens (primary N) is 1. The number of halogens is 3. The summed E-state index contributed by atoms with van der Waals surface area (Å²) in [6.07, 6.45) is -2.73. The lowest BCUT2D eigenvalue weighted by Crippen LogP contribution is -2.15. The summed E-state index contributed by atoms with van der Waals surface area (Å²) >= 11 is 0. The summed E-state index contributed by atoms with van der Waals surface area (Å²) in [6, 6.07) is 0.863. The third-order valence-electron chi connectivity index (χ3n) is 2.37. The molecular weight excluding hydrogens is 259 g/mol. The molecule has 0 saturated heterocycles. The van der Waals surface area contributed by atoms with E-state index in [0.717, 1.165) is 25.5 Å². The zero-order valence-corrected chi connectivity index (χ0v) is 11.0. The van der Waals surface area contributed by atoms with Gasteiger partial charge in [-0.15, -0.1) is 0 Å². The van der Waals surface area contributed by atoms with Gasteiger partial charge in [0.1, 0.15) is 5.82 Å². The van der Waals surface area contributed by atoms with Gasteiger partial charge in [0.05, 0.1) is 0 Å². The Morgan fingerprint density at radius 3 is 2.53 bits per heavy atom. The Labute approximate surface area is 110 Å². The molecule has 3 N–H and O–H groups in total. The first-order chi connectivity index (χ1) is 8.79. The Morgan fingerprint density at radius 2 is 1.95 bits per heavy atom. The highest BCUT2D eigenvalue weighted by atomic mass is 19.4. The van der Waals surface area contributed by atoms with Crippen LogP contribution in [0.25, 0.3) is 0 Å². The van der Waals surface area contributed by atoms with Crippen LogP contribution in [-0.4, -0.2) is 42.1 Å². The Hall–Kier alpha value is -1.57. The standard InChI is InChI=1S/C11H18F3N5/c1-19(2)6-4-3-5-16-9-7-8(11(12,13)14)17-10(15)18-9/h7H,3-6H2,1-2H3,(H3,15,16,17,18). The largest absolute Gasteiger partial charge is 0.433 e. The third kappa shape index (κ3) is 5.73. The van der Waals surface area contributed by atoms with Crippen molar-refractivity contribution in [1.82, 2.24) is 14.9 Å². The van der Waals surface area contributed by atoms with Crippen LogP contribution in [0.3, 0.4) is 0 Å². The van der Waals surface area contributed by atoms with Gasteiger partial charge >= 0.3 is 6.18 Å². The molecule has 5 nitrogen and oxygen atoms in total. The van der Waals surface area contributed by atoms with Crippen LogP contribution in [0, 0.1) is 0 Å². The first-order valence-corrected chi connectivity index (χ1v) is 5.89. The highest BCUT2D eigenvalue weighted by Crippen LogP contribution is 2.29. The summed E-state index contributed by atoms with van der Waals surface area (Å²) in [5.74, 6) is -0.282. The van der Waals surface area contributed by atoms with Crippen LogP contribution in [-0.2, 0) is 6.18 Å². The lowest BCUT2D eigenvalue weighted by atomic mass is 10.3. The molecule has 0 aromatic carbocycles. The zero-order chi connectivity index (χ0) is 14.5. The maximum Gasteiger partial charge on any atom is 0.433 e. The lowest BCUT2D eigenvalue weighted by molar-refractivity contribution is -0.141. The monoisotopic (exact) mass is 277 g/mol. The highest BCUT2D eigenvalue weighted by molar-refractivity contribution is 5.41. The summed E-state index contributed by atoms with van der Waals surface area (Å²) in [5.41, 5.74) is 4.23. The van der Waals surface area contributed by atoms with Crippen LogP contribution in [0.1, 0.15) is 18.5 Å². The number of unbranched alkanes of at least 4 members (excludes halogenated alkanes) is 1. The predicted molar refractivity (Wildman–Crippen MR) is 67.7 cm³/mol. The number of alkyl halides is 3. The van der Waals surface area contributed by atoms with Crippen LogP contribution in [0.4, 0.5) is 24.9 Å². The van der Waals surface area contributed by atoms with Gasteiger partial charge in [0.2, 0.25) is 5.95 Å². The van der Waals surface area contributed by atoms with E-state index in [4.69, 9.17) is 5.73 Å². The molecule has 0 aliphatic carbocycles. The molecule has 0 radical (unpaired) electrons. The average Bonchev–Trinajstić information content (AvgIpc) is 2.26.